The van der Waals surface area contributed by atoms with Gasteiger partial charge < -0.3 is 17.7 Å². The Balaban J connectivity index is 0.719. The molecule has 522 valence electrons. The number of furan rings is 4. The third-order valence-corrected chi connectivity index (χ3v) is 22.0. The molecule has 0 radical (unpaired) electrons. The monoisotopic (exact) mass is 1430 g/mol. The summed E-state index contributed by atoms with van der Waals surface area (Å²) in [6.07, 6.45) is 0. The van der Waals surface area contributed by atoms with Crippen molar-refractivity contribution in [3.8, 4) is 146 Å². The fourth-order valence-electron chi connectivity index (χ4n) is 16.6. The van der Waals surface area contributed by atoms with Crippen molar-refractivity contribution in [2.75, 3.05) is 0 Å². The number of rotatable bonds is 13. The van der Waals surface area contributed by atoms with E-state index in [1.807, 2.05) is 36.4 Å². The summed E-state index contributed by atoms with van der Waals surface area (Å²) >= 11 is 0. The molecular formula is C104H62N4O4. The van der Waals surface area contributed by atoms with Crippen LogP contribution in [0.3, 0.4) is 0 Å². The van der Waals surface area contributed by atoms with Crippen LogP contribution in [0.15, 0.2) is 394 Å². The van der Waals surface area contributed by atoms with Crippen LogP contribution >= 0.6 is 0 Å². The molecule has 0 atom stereocenters. The van der Waals surface area contributed by atoms with E-state index < -0.39 is 0 Å². The predicted molar refractivity (Wildman–Crippen MR) is 457 cm³/mol. The van der Waals surface area contributed by atoms with E-state index in [9.17, 15) is 0 Å². The molecule has 8 nitrogen and oxygen atoms in total. The molecule has 0 aliphatic rings. The van der Waals surface area contributed by atoms with E-state index in [-0.39, 0.29) is 0 Å². The Morgan fingerprint density at radius 1 is 0.143 bits per heavy atom. The van der Waals surface area contributed by atoms with Crippen molar-refractivity contribution in [3.05, 3.63) is 376 Å². The molecule has 8 heteroatoms. The van der Waals surface area contributed by atoms with Gasteiger partial charge in [-0.25, -0.2) is 19.9 Å². The van der Waals surface area contributed by atoms with E-state index >= 15 is 0 Å². The van der Waals surface area contributed by atoms with E-state index in [1.54, 1.807) is 0 Å². The first-order valence-electron chi connectivity index (χ1n) is 37.7. The Bertz CT molecular complexity index is 7490. The Kier molecular flexibility index (Phi) is 15.1. The summed E-state index contributed by atoms with van der Waals surface area (Å²) in [4.78, 5) is 22.6. The molecule has 0 unspecified atom stereocenters. The zero-order valence-electron chi connectivity index (χ0n) is 60.2. The molecule has 0 aliphatic heterocycles. The van der Waals surface area contributed by atoms with E-state index in [4.69, 9.17) is 37.6 Å². The molecule has 0 aliphatic carbocycles. The first kappa shape index (κ1) is 64.1. The molecule has 112 heavy (non-hydrogen) atoms. The molecular weight excluding hydrogens is 1370 g/mol. The lowest BCUT2D eigenvalue weighted by Gasteiger charge is -2.16. The average Bonchev–Trinajstić information content (AvgIpc) is 1.50. The van der Waals surface area contributed by atoms with Gasteiger partial charge in [-0.15, -0.1) is 0 Å². The summed E-state index contributed by atoms with van der Waals surface area (Å²) in [6.45, 7) is 0. The summed E-state index contributed by atoms with van der Waals surface area (Å²) in [5.74, 6) is 1.10. The molecule has 0 spiro atoms. The van der Waals surface area contributed by atoms with Crippen molar-refractivity contribution < 1.29 is 17.7 Å². The number of fused-ring (bicyclic) bond motifs is 12. The van der Waals surface area contributed by atoms with Gasteiger partial charge in [-0.1, -0.05) is 279 Å². The topological polar surface area (TPSA) is 104 Å². The van der Waals surface area contributed by atoms with Gasteiger partial charge >= 0.3 is 0 Å². The molecule has 0 amide bonds. The summed E-state index contributed by atoms with van der Waals surface area (Å²) in [6, 6.07) is 132. The van der Waals surface area contributed by atoms with Crippen molar-refractivity contribution in [3.63, 3.8) is 0 Å². The Labute approximate surface area is 643 Å². The molecule has 22 rings (SSSR count). The smallest absolute Gasteiger partial charge is 0.161 e. The second-order valence-electron chi connectivity index (χ2n) is 28.6. The highest BCUT2D eigenvalue weighted by atomic mass is 16.3. The first-order chi connectivity index (χ1) is 55.5. The minimum Gasteiger partial charge on any atom is -0.455 e. The fourth-order valence-corrected chi connectivity index (χ4v) is 16.6. The van der Waals surface area contributed by atoms with Crippen molar-refractivity contribution in [1.82, 2.24) is 19.9 Å². The van der Waals surface area contributed by atoms with E-state index in [1.165, 1.54) is 5.56 Å². The van der Waals surface area contributed by atoms with Crippen LogP contribution in [0.4, 0.5) is 0 Å². The molecule has 22 aromatic rings. The summed E-state index contributed by atoms with van der Waals surface area (Å²) in [5, 5.41) is 7.90. The highest BCUT2D eigenvalue weighted by Gasteiger charge is 2.26. The lowest BCUT2D eigenvalue weighted by molar-refractivity contribution is 0.669. The van der Waals surface area contributed by atoms with Gasteiger partial charge in [-0.05, 0) is 175 Å². The third-order valence-electron chi connectivity index (χ3n) is 22.0. The maximum absolute atomic E-state index is 7.18. The number of hydrogen-bond acceptors (Lipinski definition) is 8. The van der Waals surface area contributed by atoms with Gasteiger partial charge in [0.05, 0.1) is 22.8 Å². The molecule has 6 heterocycles. The number of nitrogens with zero attached hydrogens (tertiary/aromatic N) is 4. The van der Waals surface area contributed by atoms with Crippen molar-refractivity contribution in [2.45, 2.75) is 0 Å². The lowest BCUT2D eigenvalue weighted by atomic mass is 9.90. The van der Waals surface area contributed by atoms with E-state index in [2.05, 4.69) is 340 Å². The third kappa shape index (κ3) is 11.0. The Hall–Kier alpha value is -15.1. The first-order valence-corrected chi connectivity index (χ1v) is 37.7. The van der Waals surface area contributed by atoms with Crippen LogP contribution in [-0.4, -0.2) is 19.9 Å². The molecule has 0 saturated carbocycles. The van der Waals surface area contributed by atoms with Crippen LogP contribution in [0.5, 0.6) is 0 Å². The maximum atomic E-state index is 7.18. The summed E-state index contributed by atoms with van der Waals surface area (Å²) in [5.41, 5.74) is 28.8. The van der Waals surface area contributed by atoms with Crippen LogP contribution in [0.2, 0.25) is 0 Å². The SMILES string of the molecule is c1ccc(-c2ccc(-c3ccc(-c4nc(-c5cccc6c5oc5ccccc56)cc(-c5cc(-c6ccc7oc8c(-c9cc(-c%10cccc%11c%10oc%10ccccc%10%11)nc(-c%10ccc(-c%11ccccc%11-c%11ccccc%11)cc%10-c%10ccccc%10)n9)cccc8c7c6)cc6c5oc5ccccc56)n4)c(-c4ccccc4)c3)cc2)cc1. The highest BCUT2D eigenvalue weighted by molar-refractivity contribution is 6.15. The van der Waals surface area contributed by atoms with Gasteiger partial charge in [0.25, 0.3) is 0 Å². The van der Waals surface area contributed by atoms with E-state index in [0.29, 0.717) is 45.6 Å². The van der Waals surface area contributed by atoms with Gasteiger partial charge in [-0.3, -0.25) is 0 Å². The summed E-state index contributed by atoms with van der Waals surface area (Å²) in [7, 11) is 0. The molecule has 0 fully saturated rings. The molecule has 0 saturated heterocycles. The average molecular weight is 1430 g/mol. The second-order valence-corrected chi connectivity index (χ2v) is 28.6. The number of para-hydroxylation sites is 6. The summed E-state index contributed by atoms with van der Waals surface area (Å²) < 4.78 is 27.9. The van der Waals surface area contributed by atoms with Crippen LogP contribution < -0.4 is 0 Å². The second kappa shape index (κ2) is 26.4. The lowest BCUT2D eigenvalue weighted by Crippen LogP contribution is -1.98. The normalized spacial score (nSPS) is 11.8. The highest BCUT2D eigenvalue weighted by Crippen LogP contribution is 2.48. The minimum atomic E-state index is 0.548. The molecule has 0 bridgehead atoms. The maximum Gasteiger partial charge on any atom is 0.161 e. The Morgan fingerprint density at radius 3 is 0.929 bits per heavy atom. The quantitative estimate of drug-likeness (QED) is 0.112. The van der Waals surface area contributed by atoms with Gasteiger partial charge in [0, 0.05) is 76.5 Å². The largest absolute Gasteiger partial charge is 0.455 e. The Morgan fingerprint density at radius 2 is 0.438 bits per heavy atom. The molecule has 16 aromatic carbocycles. The van der Waals surface area contributed by atoms with Crippen molar-refractivity contribution in [1.29, 1.82) is 0 Å². The zero-order chi connectivity index (χ0) is 73.7. The van der Waals surface area contributed by atoms with Gasteiger partial charge in [0.15, 0.2) is 11.6 Å². The number of benzene rings is 16. The van der Waals surface area contributed by atoms with Gasteiger partial charge in [-0.2, -0.15) is 0 Å². The molecule has 6 aromatic heterocycles. The fraction of sp³-hybridized carbons (Fsp3) is 0. The van der Waals surface area contributed by atoms with Gasteiger partial charge in [0.1, 0.15) is 44.7 Å². The van der Waals surface area contributed by atoms with Crippen LogP contribution in [0.25, 0.3) is 233 Å². The van der Waals surface area contributed by atoms with Crippen LogP contribution in [0, 0.1) is 0 Å². The number of aromatic nitrogens is 4. The van der Waals surface area contributed by atoms with Crippen molar-refractivity contribution in [2.24, 2.45) is 0 Å². The predicted octanol–water partition coefficient (Wildman–Crippen LogP) is 28.5. The minimum absolute atomic E-state index is 0.548. The standard InChI is InChI=1S/C104H62N4O4/c1-5-24-63(25-6-1)64-46-48-65(49-47-64)69-50-53-81(86(56-69)67-28-9-3-10-29-67)104-107-93(84-41-22-38-79-76-35-16-19-44-96(76)110-100(79)84)62-94(108-104)90-60-72(59-89-77-36-17-20-45-97(77)111-102(89)90)70-52-55-98-88(57-70)80-39-23-42-85(101(80)112-98)92-61-91(83-40-21-37-78-75-34-15-18-43-95(75)109-99(78)83)105-103(106-92)82-54-51-71(58-87(82)68-30-11-4-12-31-68)74-33-14-13-32-73(74)66-26-7-2-8-27-66/h1-62H. The van der Waals surface area contributed by atoms with Gasteiger partial charge in [0.2, 0.25) is 0 Å². The van der Waals surface area contributed by atoms with Crippen molar-refractivity contribution >= 4 is 87.8 Å². The van der Waals surface area contributed by atoms with E-state index in [0.717, 1.165) is 182 Å². The number of hydrogen-bond donors (Lipinski definition) is 0. The van der Waals surface area contributed by atoms with Crippen LogP contribution in [-0.2, 0) is 0 Å². The van der Waals surface area contributed by atoms with Crippen LogP contribution in [0.1, 0.15) is 0 Å². The zero-order valence-corrected chi connectivity index (χ0v) is 60.2. The molecule has 0 N–H and O–H groups in total.